The van der Waals surface area contributed by atoms with Gasteiger partial charge in [0.25, 0.3) is 0 Å². The van der Waals surface area contributed by atoms with Crippen molar-refractivity contribution in [2.75, 3.05) is 13.1 Å². The maximum absolute atomic E-state index is 3.90. The highest BCUT2D eigenvalue weighted by Crippen LogP contribution is 1.98. The zero-order valence-corrected chi connectivity index (χ0v) is 8.51. The molecule has 0 unspecified atom stereocenters. The van der Waals surface area contributed by atoms with Gasteiger partial charge in [0.2, 0.25) is 0 Å². The number of hydrogen-bond acceptors (Lipinski definition) is 2. The SMILES string of the molecule is C=C/C(C)=C\C=C(/CNCC)N=C. The first-order chi connectivity index (χ1) is 6.24. The summed E-state index contributed by atoms with van der Waals surface area (Å²) in [6.07, 6.45) is 5.74. The summed E-state index contributed by atoms with van der Waals surface area (Å²) < 4.78 is 0. The van der Waals surface area contributed by atoms with Crippen LogP contribution in [0.3, 0.4) is 0 Å². The van der Waals surface area contributed by atoms with Gasteiger partial charge in [0.05, 0.1) is 5.70 Å². The predicted molar refractivity (Wildman–Crippen MR) is 60.1 cm³/mol. The summed E-state index contributed by atoms with van der Waals surface area (Å²) in [6.45, 7) is 12.9. The normalized spacial score (nSPS) is 12.8. The summed E-state index contributed by atoms with van der Waals surface area (Å²) in [5.74, 6) is 0. The van der Waals surface area contributed by atoms with Gasteiger partial charge in [0.15, 0.2) is 0 Å². The molecule has 0 amide bonds. The van der Waals surface area contributed by atoms with E-state index in [9.17, 15) is 0 Å². The molecule has 0 aromatic carbocycles. The van der Waals surface area contributed by atoms with Crippen LogP contribution in [0.25, 0.3) is 0 Å². The summed E-state index contributed by atoms with van der Waals surface area (Å²) in [7, 11) is 0. The number of likely N-dealkylation sites (N-methyl/N-ethyl adjacent to an activating group) is 1. The molecule has 1 N–H and O–H groups in total. The molecule has 2 heteroatoms. The van der Waals surface area contributed by atoms with E-state index in [4.69, 9.17) is 0 Å². The zero-order valence-electron chi connectivity index (χ0n) is 8.51. The zero-order chi connectivity index (χ0) is 10.1. The van der Waals surface area contributed by atoms with Crippen LogP contribution in [0.4, 0.5) is 0 Å². The fourth-order valence-corrected chi connectivity index (χ4v) is 0.716. The predicted octanol–water partition coefficient (Wildman–Crippen LogP) is 2.31. The third-order valence-electron chi connectivity index (χ3n) is 1.62. The Morgan fingerprint density at radius 2 is 2.15 bits per heavy atom. The monoisotopic (exact) mass is 178 g/mol. The lowest BCUT2D eigenvalue weighted by Gasteiger charge is -2.00. The van der Waals surface area contributed by atoms with E-state index in [-0.39, 0.29) is 0 Å². The maximum atomic E-state index is 3.90. The molecule has 0 radical (unpaired) electrons. The van der Waals surface area contributed by atoms with Gasteiger partial charge < -0.3 is 5.32 Å². The molecule has 0 saturated heterocycles. The second kappa shape index (κ2) is 7.50. The van der Waals surface area contributed by atoms with Crippen molar-refractivity contribution in [2.45, 2.75) is 13.8 Å². The molecule has 0 aliphatic carbocycles. The lowest BCUT2D eigenvalue weighted by molar-refractivity contribution is 0.772. The highest BCUT2D eigenvalue weighted by atomic mass is 14.9. The first kappa shape index (κ1) is 11.8. The number of rotatable bonds is 6. The van der Waals surface area contributed by atoms with Crippen LogP contribution in [-0.2, 0) is 0 Å². The van der Waals surface area contributed by atoms with Gasteiger partial charge in [-0.2, -0.15) is 0 Å². The van der Waals surface area contributed by atoms with Crippen molar-refractivity contribution in [3.05, 3.63) is 36.1 Å². The van der Waals surface area contributed by atoms with Gasteiger partial charge >= 0.3 is 0 Å². The molecule has 0 saturated carbocycles. The summed E-state index contributed by atoms with van der Waals surface area (Å²) in [4.78, 5) is 3.90. The van der Waals surface area contributed by atoms with Crippen molar-refractivity contribution >= 4 is 6.72 Å². The summed E-state index contributed by atoms with van der Waals surface area (Å²) in [5, 5.41) is 3.18. The number of nitrogens with zero attached hydrogens (tertiary/aromatic N) is 1. The largest absolute Gasteiger partial charge is 0.311 e. The minimum absolute atomic E-state index is 0.765. The van der Waals surface area contributed by atoms with E-state index in [1.807, 2.05) is 25.2 Å². The Bertz CT molecular complexity index is 224. The van der Waals surface area contributed by atoms with Crippen molar-refractivity contribution < 1.29 is 0 Å². The van der Waals surface area contributed by atoms with Crippen LogP contribution < -0.4 is 5.32 Å². The van der Waals surface area contributed by atoms with E-state index in [1.54, 1.807) is 0 Å². The van der Waals surface area contributed by atoms with Gasteiger partial charge in [0.1, 0.15) is 0 Å². The lowest BCUT2D eigenvalue weighted by atomic mass is 10.2. The molecule has 0 aromatic rings. The van der Waals surface area contributed by atoms with E-state index < -0.39 is 0 Å². The number of nitrogens with one attached hydrogen (secondary N) is 1. The molecule has 0 aliphatic rings. The van der Waals surface area contributed by atoms with E-state index in [1.165, 1.54) is 0 Å². The summed E-state index contributed by atoms with van der Waals surface area (Å²) in [5.41, 5.74) is 2.07. The number of aliphatic imine (C=N–C) groups is 1. The van der Waals surface area contributed by atoms with Crippen molar-refractivity contribution in [3.63, 3.8) is 0 Å². The van der Waals surface area contributed by atoms with Crippen LogP contribution in [0.5, 0.6) is 0 Å². The van der Waals surface area contributed by atoms with Crippen LogP contribution in [0.1, 0.15) is 13.8 Å². The maximum Gasteiger partial charge on any atom is 0.0534 e. The van der Waals surface area contributed by atoms with Crippen LogP contribution in [0.15, 0.2) is 41.1 Å². The standard InChI is InChI=1S/C11H18N2/c1-5-10(3)7-8-11(12-4)9-13-6-2/h5,7-8,13H,1,4,6,9H2,2-3H3/b10-7-,11-8+. The second-order valence-corrected chi connectivity index (χ2v) is 2.71. The highest BCUT2D eigenvalue weighted by molar-refractivity contribution is 5.32. The third-order valence-corrected chi connectivity index (χ3v) is 1.62. The average molecular weight is 178 g/mol. The Kier molecular flexibility index (Phi) is 6.83. The Hall–Kier alpha value is -1.15. The smallest absolute Gasteiger partial charge is 0.0534 e. The number of hydrogen-bond donors (Lipinski definition) is 1. The molecule has 0 aromatic heterocycles. The van der Waals surface area contributed by atoms with E-state index in [2.05, 4.69) is 30.5 Å². The summed E-state index contributed by atoms with van der Waals surface area (Å²) in [6, 6.07) is 0. The molecule has 0 aliphatic heterocycles. The molecule has 72 valence electrons. The molecule has 0 rings (SSSR count). The Morgan fingerprint density at radius 3 is 2.62 bits per heavy atom. The lowest BCUT2D eigenvalue weighted by Crippen LogP contribution is -2.15. The molecule has 13 heavy (non-hydrogen) atoms. The van der Waals surface area contributed by atoms with Crippen LogP contribution >= 0.6 is 0 Å². The van der Waals surface area contributed by atoms with Crippen molar-refractivity contribution in [1.82, 2.24) is 5.32 Å². The minimum Gasteiger partial charge on any atom is -0.311 e. The topological polar surface area (TPSA) is 24.4 Å². The van der Waals surface area contributed by atoms with Gasteiger partial charge in [-0.3, -0.25) is 4.99 Å². The van der Waals surface area contributed by atoms with E-state index in [0.29, 0.717) is 0 Å². The molecule has 2 nitrogen and oxygen atoms in total. The Labute approximate surface area is 80.8 Å². The molecule has 0 spiro atoms. The van der Waals surface area contributed by atoms with Crippen LogP contribution in [0.2, 0.25) is 0 Å². The fourth-order valence-electron chi connectivity index (χ4n) is 0.716. The van der Waals surface area contributed by atoms with Gasteiger partial charge in [0, 0.05) is 6.54 Å². The number of allylic oxidation sites excluding steroid dienone is 4. The van der Waals surface area contributed by atoms with Gasteiger partial charge in [-0.05, 0) is 26.3 Å². The quantitative estimate of drug-likeness (QED) is 0.490. The van der Waals surface area contributed by atoms with Crippen LogP contribution in [-0.4, -0.2) is 19.8 Å². The molecule has 0 fully saturated rings. The van der Waals surface area contributed by atoms with Crippen molar-refractivity contribution in [2.24, 2.45) is 4.99 Å². The van der Waals surface area contributed by atoms with Crippen molar-refractivity contribution in [1.29, 1.82) is 0 Å². The van der Waals surface area contributed by atoms with Gasteiger partial charge in [-0.25, -0.2) is 0 Å². The first-order valence-electron chi connectivity index (χ1n) is 4.42. The van der Waals surface area contributed by atoms with E-state index >= 15 is 0 Å². The van der Waals surface area contributed by atoms with E-state index in [0.717, 1.165) is 24.4 Å². The second-order valence-electron chi connectivity index (χ2n) is 2.71. The first-order valence-corrected chi connectivity index (χ1v) is 4.42. The molecular weight excluding hydrogens is 160 g/mol. The third kappa shape index (κ3) is 6.05. The average Bonchev–Trinajstić information content (AvgIpc) is 2.17. The molecule has 0 heterocycles. The van der Waals surface area contributed by atoms with Gasteiger partial charge in [-0.1, -0.05) is 31.2 Å². The molecule has 0 atom stereocenters. The molecular formula is C11H18N2. The molecule has 0 bridgehead atoms. The highest BCUT2D eigenvalue weighted by Gasteiger charge is 1.89. The van der Waals surface area contributed by atoms with Crippen LogP contribution in [0, 0.1) is 0 Å². The minimum atomic E-state index is 0.765. The fraction of sp³-hybridized carbons (Fsp3) is 0.364. The Balaban J connectivity index is 4.21. The van der Waals surface area contributed by atoms with Crippen molar-refractivity contribution in [3.8, 4) is 0 Å². The summed E-state index contributed by atoms with van der Waals surface area (Å²) >= 11 is 0. The van der Waals surface area contributed by atoms with Gasteiger partial charge in [-0.15, -0.1) is 0 Å². The Morgan fingerprint density at radius 1 is 1.46 bits per heavy atom.